The Morgan fingerprint density at radius 3 is 2.43 bits per heavy atom. The van der Waals surface area contributed by atoms with E-state index >= 15 is 0 Å². The maximum absolute atomic E-state index is 12.4. The Kier molecular flexibility index (Phi) is 8.75. The van der Waals surface area contributed by atoms with Crippen LogP contribution in [0.5, 0.6) is 5.75 Å². The fraction of sp³-hybridized carbons (Fsp3) is 0.650. The highest BCUT2D eigenvalue weighted by Crippen LogP contribution is 2.19. The van der Waals surface area contributed by atoms with Crippen LogP contribution in [0.2, 0.25) is 0 Å². The molecule has 3 nitrogen and oxygen atoms in total. The number of benzene rings is 1. The van der Waals surface area contributed by atoms with Crippen molar-refractivity contribution < 1.29 is 9.53 Å². The lowest BCUT2D eigenvalue weighted by Crippen LogP contribution is -2.40. The van der Waals surface area contributed by atoms with Crippen molar-refractivity contribution in [2.45, 2.75) is 72.8 Å². The molecule has 130 valence electrons. The zero-order valence-electron chi connectivity index (χ0n) is 15.4. The molecule has 1 aromatic carbocycles. The number of carbonyl (C=O) groups excluding carboxylic acids is 1. The SMILES string of the molecule is CCCCC(CC)CNC(=O)C(CC)Oc1ccc(C)c(C)c1. The molecule has 0 saturated carbocycles. The number of ether oxygens (including phenoxy) is 1. The van der Waals surface area contributed by atoms with Crippen molar-refractivity contribution in [2.24, 2.45) is 5.92 Å². The number of hydrogen-bond acceptors (Lipinski definition) is 2. The van der Waals surface area contributed by atoms with Crippen molar-refractivity contribution in [2.75, 3.05) is 6.54 Å². The van der Waals surface area contributed by atoms with E-state index in [2.05, 4.69) is 33.0 Å². The van der Waals surface area contributed by atoms with Gasteiger partial charge in [-0.2, -0.15) is 0 Å². The number of rotatable bonds is 10. The van der Waals surface area contributed by atoms with E-state index in [0.717, 1.165) is 18.7 Å². The van der Waals surface area contributed by atoms with Crippen LogP contribution >= 0.6 is 0 Å². The molecule has 23 heavy (non-hydrogen) atoms. The highest BCUT2D eigenvalue weighted by atomic mass is 16.5. The molecular weight excluding hydrogens is 286 g/mol. The molecule has 0 saturated heterocycles. The predicted molar refractivity (Wildman–Crippen MR) is 96.9 cm³/mol. The first-order valence-electron chi connectivity index (χ1n) is 9.03. The first-order chi connectivity index (χ1) is 11.0. The van der Waals surface area contributed by atoms with Crippen molar-refractivity contribution >= 4 is 5.91 Å². The third-order valence-electron chi connectivity index (χ3n) is 4.53. The molecule has 0 heterocycles. The molecule has 0 aromatic heterocycles. The van der Waals surface area contributed by atoms with E-state index in [9.17, 15) is 4.79 Å². The van der Waals surface area contributed by atoms with Gasteiger partial charge in [0, 0.05) is 6.54 Å². The smallest absolute Gasteiger partial charge is 0.261 e. The van der Waals surface area contributed by atoms with Crippen LogP contribution in [0.1, 0.15) is 64.0 Å². The minimum Gasteiger partial charge on any atom is -0.481 e. The van der Waals surface area contributed by atoms with Gasteiger partial charge in [0.1, 0.15) is 5.75 Å². The van der Waals surface area contributed by atoms with Crippen molar-refractivity contribution in [3.05, 3.63) is 29.3 Å². The van der Waals surface area contributed by atoms with Crippen LogP contribution < -0.4 is 10.1 Å². The molecule has 0 aliphatic heterocycles. The van der Waals surface area contributed by atoms with E-state index in [-0.39, 0.29) is 5.91 Å². The maximum Gasteiger partial charge on any atom is 0.261 e. The summed E-state index contributed by atoms with van der Waals surface area (Å²) in [5.41, 5.74) is 2.42. The predicted octanol–water partition coefficient (Wildman–Crippen LogP) is 4.79. The van der Waals surface area contributed by atoms with Crippen LogP contribution in [0.3, 0.4) is 0 Å². The molecule has 2 atom stereocenters. The van der Waals surface area contributed by atoms with Crippen LogP contribution in [-0.4, -0.2) is 18.6 Å². The number of amides is 1. The standard InChI is InChI=1S/C20H33NO2/c1-6-9-10-17(7-2)14-21-20(22)19(8-3)23-18-12-11-15(4)16(5)13-18/h11-13,17,19H,6-10,14H2,1-5H3,(H,21,22). The zero-order chi connectivity index (χ0) is 17.2. The van der Waals surface area contributed by atoms with Crippen LogP contribution in [0.4, 0.5) is 0 Å². The number of aryl methyl sites for hydroxylation is 2. The second kappa shape index (κ2) is 10.3. The molecule has 0 bridgehead atoms. The van der Waals surface area contributed by atoms with Crippen LogP contribution in [0.15, 0.2) is 18.2 Å². The Morgan fingerprint density at radius 1 is 1.13 bits per heavy atom. The largest absolute Gasteiger partial charge is 0.481 e. The first-order valence-corrected chi connectivity index (χ1v) is 9.03. The molecule has 1 aromatic rings. The minimum atomic E-state index is -0.416. The fourth-order valence-electron chi connectivity index (χ4n) is 2.58. The Bertz CT molecular complexity index is 485. The van der Waals surface area contributed by atoms with Gasteiger partial charge in [-0.15, -0.1) is 0 Å². The van der Waals surface area contributed by atoms with Crippen molar-refractivity contribution in [1.82, 2.24) is 5.32 Å². The van der Waals surface area contributed by atoms with Gasteiger partial charge in [-0.1, -0.05) is 46.1 Å². The highest BCUT2D eigenvalue weighted by Gasteiger charge is 2.19. The average Bonchev–Trinajstić information content (AvgIpc) is 2.55. The van der Waals surface area contributed by atoms with E-state index in [4.69, 9.17) is 4.74 Å². The molecular formula is C20H33NO2. The van der Waals surface area contributed by atoms with Gasteiger partial charge in [-0.3, -0.25) is 4.79 Å². The van der Waals surface area contributed by atoms with Crippen molar-refractivity contribution in [1.29, 1.82) is 0 Å². The molecule has 0 fully saturated rings. The third kappa shape index (κ3) is 6.64. The summed E-state index contributed by atoms with van der Waals surface area (Å²) in [5.74, 6) is 1.34. The quantitative estimate of drug-likeness (QED) is 0.673. The summed E-state index contributed by atoms with van der Waals surface area (Å²) in [6, 6.07) is 5.98. The molecule has 1 amide bonds. The van der Waals surface area contributed by atoms with E-state index < -0.39 is 6.10 Å². The summed E-state index contributed by atoms with van der Waals surface area (Å²) in [6.45, 7) is 11.3. The van der Waals surface area contributed by atoms with Gasteiger partial charge in [0.05, 0.1) is 0 Å². The monoisotopic (exact) mass is 319 g/mol. The van der Waals surface area contributed by atoms with E-state index in [1.54, 1.807) is 0 Å². The lowest BCUT2D eigenvalue weighted by atomic mass is 9.99. The summed E-state index contributed by atoms with van der Waals surface area (Å²) in [6.07, 6.45) is 4.98. The lowest BCUT2D eigenvalue weighted by molar-refractivity contribution is -0.128. The van der Waals surface area contributed by atoms with Gasteiger partial charge in [0.2, 0.25) is 0 Å². The summed E-state index contributed by atoms with van der Waals surface area (Å²) in [7, 11) is 0. The van der Waals surface area contributed by atoms with Crippen molar-refractivity contribution in [3.63, 3.8) is 0 Å². The molecule has 0 aliphatic carbocycles. The summed E-state index contributed by atoms with van der Waals surface area (Å²) < 4.78 is 5.90. The zero-order valence-corrected chi connectivity index (χ0v) is 15.4. The number of hydrogen-bond donors (Lipinski definition) is 1. The van der Waals surface area contributed by atoms with E-state index in [1.165, 1.54) is 30.4 Å². The van der Waals surface area contributed by atoms with Gasteiger partial charge >= 0.3 is 0 Å². The summed E-state index contributed by atoms with van der Waals surface area (Å²) in [5, 5.41) is 3.08. The van der Waals surface area contributed by atoms with Gasteiger partial charge in [0.15, 0.2) is 6.10 Å². The molecule has 0 radical (unpaired) electrons. The highest BCUT2D eigenvalue weighted by molar-refractivity contribution is 5.81. The molecule has 3 heteroatoms. The van der Waals surface area contributed by atoms with Gasteiger partial charge in [-0.25, -0.2) is 0 Å². The van der Waals surface area contributed by atoms with Crippen LogP contribution in [0, 0.1) is 19.8 Å². The first kappa shape index (κ1) is 19.5. The minimum absolute atomic E-state index is 0.000626. The molecule has 1 rings (SSSR count). The normalized spacial score (nSPS) is 13.4. The van der Waals surface area contributed by atoms with Crippen molar-refractivity contribution in [3.8, 4) is 5.75 Å². The van der Waals surface area contributed by atoms with Crippen LogP contribution in [0.25, 0.3) is 0 Å². The average molecular weight is 319 g/mol. The van der Waals surface area contributed by atoms with Gasteiger partial charge in [0.25, 0.3) is 5.91 Å². The second-order valence-corrected chi connectivity index (χ2v) is 6.42. The lowest BCUT2D eigenvalue weighted by Gasteiger charge is -2.20. The third-order valence-corrected chi connectivity index (χ3v) is 4.53. The number of carbonyl (C=O) groups is 1. The fourth-order valence-corrected chi connectivity index (χ4v) is 2.58. The Hall–Kier alpha value is -1.51. The number of nitrogens with one attached hydrogen (secondary N) is 1. The molecule has 0 aliphatic rings. The maximum atomic E-state index is 12.4. The Labute approximate surface area is 141 Å². The van der Waals surface area contributed by atoms with Gasteiger partial charge in [-0.05, 0) is 55.9 Å². The topological polar surface area (TPSA) is 38.3 Å². The van der Waals surface area contributed by atoms with E-state index in [1.807, 2.05) is 25.1 Å². The number of unbranched alkanes of at least 4 members (excludes halogenated alkanes) is 1. The van der Waals surface area contributed by atoms with Gasteiger partial charge < -0.3 is 10.1 Å². The van der Waals surface area contributed by atoms with E-state index in [0.29, 0.717) is 12.3 Å². The molecule has 2 unspecified atom stereocenters. The second-order valence-electron chi connectivity index (χ2n) is 6.42. The van der Waals surface area contributed by atoms with Crippen LogP contribution in [-0.2, 0) is 4.79 Å². The summed E-state index contributed by atoms with van der Waals surface area (Å²) in [4.78, 5) is 12.4. The Morgan fingerprint density at radius 2 is 1.87 bits per heavy atom. The Balaban J connectivity index is 2.55. The molecule has 0 spiro atoms. The summed E-state index contributed by atoms with van der Waals surface area (Å²) >= 11 is 0. The molecule has 1 N–H and O–H groups in total.